The summed E-state index contributed by atoms with van der Waals surface area (Å²) < 4.78 is 0. The molecular formula is C13H19N3O. The quantitative estimate of drug-likeness (QED) is 0.841. The zero-order chi connectivity index (χ0) is 12.4. The predicted octanol–water partition coefficient (Wildman–Crippen LogP) is 2.33. The van der Waals surface area contributed by atoms with Crippen molar-refractivity contribution in [3.05, 3.63) is 29.8 Å². The van der Waals surface area contributed by atoms with Crippen LogP contribution in [0.1, 0.15) is 31.4 Å². The molecule has 1 atom stereocenters. The fraction of sp³-hybridized carbons (Fsp3) is 0.462. The highest BCUT2D eigenvalue weighted by molar-refractivity contribution is 5.89. The topological polar surface area (TPSA) is 58.4 Å². The van der Waals surface area contributed by atoms with E-state index in [0.29, 0.717) is 6.04 Å². The minimum Gasteiger partial charge on any atom is -0.325 e. The molecule has 1 aromatic rings. The van der Waals surface area contributed by atoms with Gasteiger partial charge in [-0.25, -0.2) is 4.79 Å². The van der Waals surface area contributed by atoms with Crippen LogP contribution in [0.25, 0.3) is 0 Å². The number of hydrogen-bond acceptors (Lipinski definition) is 2. The van der Waals surface area contributed by atoms with Gasteiger partial charge in [-0.15, -0.1) is 0 Å². The maximum Gasteiger partial charge on any atom is 0.321 e. The molecule has 0 radical (unpaired) electrons. The van der Waals surface area contributed by atoms with Crippen molar-refractivity contribution in [1.29, 1.82) is 0 Å². The molecule has 0 saturated heterocycles. The Morgan fingerprint density at radius 1 is 1.41 bits per heavy atom. The van der Waals surface area contributed by atoms with Crippen molar-refractivity contribution in [3.8, 4) is 0 Å². The summed E-state index contributed by atoms with van der Waals surface area (Å²) in [6.07, 6.45) is 2.24. The van der Waals surface area contributed by atoms with Crippen LogP contribution in [0.15, 0.2) is 24.3 Å². The molecule has 1 saturated carbocycles. The molecule has 2 amide bonds. The van der Waals surface area contributed by atoms with E-state index in [4.69, 9.17) is 5.73 Å². The number of carbonyl (C=O) groups excluding carboxylic acids is 1. The van der Waals surface area contributed by atoms with E-state index >= 15 is 0 Å². The summed E-state index contributed by atoms with van der Waals surface area (Å²) in [5, 5.41) is 2.88. The van der Waals surface area contributed by atoms with Crippen molar-refractivity contribution in [2.75, 3.05) is 12.4 Å². The number of nitrogens with one attached hydrogen (secondary N) is 1. The normalized spacial score (nSPS) is 16.4. The molecule has 0 heterocycles. The van der Waals surface area contributed by atoms with Crippen LogP contribution >= 0.6 is 0 Å². The van der Waals surface area contributed by atoms with Crippen LogP contribution < -0.4 is 11.1 Å². The highest BCUT2D eigenvalue weighted by Gasteiger charge is 2.29. The molecule has 1 aromatic carbocycles. The SMILES string of the molecule is CC(N)c1ccc(NC(=O)N(C)C2CC2)cc1. The zero-order valence-electron chi connectivity index (χ0n) is 10.3. The first-order valence-electron chi connectivity index (χ1n) is 5.97. The summed E-state index contributed by atoms with van der Waals surface area (Å²) in [5.74, 6) is 0. The Hall–Kier alpha value is -1.55. The molecule has 0 spiro atoms. The van der Waals surface area contributed by atoms with Crippen molar-refractivity contribution in [2.45, 2.75) is 31.8 Å². The first-order valence-corrected chi connectivity index (χ1v) is 5.97. The maximum absolute atomic E-state index is 11.8. The first-order chi connectivity index (χ1) is 8.08. The van der Waals surface area contributed by atoms with Crippen molar-refractivity contribution >= 4 is 11.7 Å². The monoisotopic (exact) mass is 233 g/mol. The molecular weight excluding hydrogens is 214 g/mol. The standard InChI is InChI=1S/C13H19N3O/c1-9(14)10-3-5-11(6-4-10)15-13(17)16(2)12-7-8-12/h3-6,9,12H,7-8,14H2,1-2H3,(H,15,17). The van der Waals surface area contributed by atoms with Crippen LogP contribution in [0.2, 0.25) is 0 Å². The molecule has 1 aliphatic rings. The van der Waals surface area contributed by atoms with Gasteiger partial charge < -0.3 is 16.0 Å². The molecule has 92 valence electrons. The molecule has 3 N–H and O–H groups in total. The number of rotatable bonds is 3. The number of benzene rings is 1. The van der Waals surface area contributed by atoms with Crippen LogP contribution in [0.5, 0.6) is 0 Å². The van der Waals surface area contributed by atoms with Crippen LogP contribution in [0, 0.1) is 0 Å². The molecule has 0 bridgehead atoms. The Morgan fingerprint density at radius 2 is 2.00 bits per heavy atom. The lowest BCUT2D eigenvalue weighted by Crippen LogP contribution is -2.33. The van der Waals surface area contributed by atoms with Gasteiger partial charge in [-0.05, 0) is 37.5 Å². The molecule has 1 unspecified atom stereocenters. The summed E-state index contributed by atoms with van der Waals surface area (Å²) in [7, 11) is 1.84. The number of hydrogen-bond donors (Lipinski definition) is 2. The van der Waals surface area contributed by atoms with Gasteiger partial charge in [0.15, 0.2) is 0 Å². The van der Waals surface area contributed by atoms with E-state index in [1.165, 1.54) is 0 Å². The van der Waals surface area contributed by atoms with Crippen molar-refractivity contribution < 1.29 is 4.79 Å². The lowest BCUT2D eigenvalue weighted by atomic mass is 10.1. The van der Waals surface area contributed by atoms with E-state index in [1.807, 2.05) is 38.2 Å². The second-order valence-electron chi connectivity index (χ2n) is 4.68. The van der Waals surface area contributed by atoms with Gasteiger partial charge in [0.1, 0.15) is 0 Å². The molecule has 2 rings (SSSR count). The van der Waals surface area contributed by atoms with Gasteiger partial charge in [0, 0.05) is 24.8 Å². The third-order valence-corrected chi connectivity index (χ3v) is 3.10. The van der Waals surface area contributed by atoms with Crippen LogP contribution in [0.3, 0.4) is 0 Å². The predicted molar refractivity (Wildman–Crippen MR) is 68.8 cm³/mol. The van der Waals surface area contributed by atoms with Crippen LogP contribution in [-0.4, -0.2) is 24.0 Å². The first kappa shape index (κ1) is 11.9. The Balaban J connectivity index is 1.96. The van der Waals surface area contributed by atoms with E-state index in [0.717, 1.165) is 24.1 Å². The summed E-state index contributed by atoms with van der Waals surface area (Å²) in [6.45, 7) is 1.94. The summed E-state index contributed by atoms with van der Waals surface area (Å²) in [6, 6.07) is 8.07. The smallest absolute Gasteiger partial charge is 0.321 e. The van der Waals surface area contributed by atoms with Gasteiger partial charge in [-0.3, -0.25) is 0 Å². The lowest BCUT2D eigenvalue weighted by molar-refractivity contribution is 0.220. The number of carbonyl (C=O) groups is 1. The van der Waals surface area contributed by atoms with E-state index in [9.17, 15) is 4.79 Å². The van der Waals surface area contributed by atoms with E-state index in [2.05, 4.69) is 5.32 Å². The summed E-state index contributed by atoms with van der Waals surface area (Å²) in [5.41, 5.74) is 7.65. The number of nitrogens with two attached hydrogens (primary N) is 1. The van der Waals surface area contributed by atoms with Crippen molar-refractivity contribution in [3.63, 3.8) is 0 Å². The van der Waals surface area contributed by atoms with Crippen molar-refractivity contribution in [2.24, 2.45) is 5.73 Å². The van der Waals surface area contributed by atoms with E-state index in [1.54, 1.807) is 4.90 Å². The lowest BCUT2D eigenvalue weighted by Gasteiger charge is -2.17. The minimum atomic E-state index is -0.0407. The minimum absolute atomic E-state index is 0.0221. The average Bonchev–Trinajstić information content (AvgIpc) is 3.12. The fourth-order valence-corrected chi connectivity index (χ4v) is 1.71. The third-order valence-electron chi connectivity index (χ3n) is 3.10. The highest BCUT2D eigenvalue weighted by atomic mass is 16.2. The largest absolute Gasteiger partial charge is 0.325 e. The van der Waals surface area contributed by atoms with E-state index in [-0.39, 0.29) is 12.1 Å². The number of anilines is 1. The molecule has 1 aliphatic carbocycles. The second kappa shape index (κ2) is 4.75. The molecule has 1 fully saturated rings. The Bertz CT molecular complexity index is 396. The van der Waals surface area contributed by atoms with E-state index < -0.39 is 0 Å². The third kappa shape index (κ3) is 2.97. The zero-order valence-corrected chi connectivity index (χ0v) is 10.3. The second-order valence-corrected chi connectivity index (χ2v) is 4.68. The molecule has 4 heteroatoms. The van der Waals surface area contributed by atoms with Crippen LogP contribution in [-0.2, 0) is 0 Å². The number of urea groups is 1. The highest BCUT2D eigenvalue weighted by Crippen LogP contribution is 2.26. The summed E-state index contributed by atoms with van der Waals surface area (Å²) >= 11 is 0. The Kier molecular flexibility index (Phi) is 3.33. The molecule has 0 aromatic heterocycles. The molecule has 0 aliphatic heterocycles. The van der Waals surface area contributed by atoms with Gasteiger partial charge in [-0.1, -0.05) is 12.1 Å². The van der Waals surface area contributed by atoms with Crippen molar-refractivity contribution in [1.82, 2.24) is 4.90 Å². The van der Waals surface area contributed by atoms with Gasteiger partial charge in [0.05, 0.1) is 0 Å². The Labute approximate surface area is 102 Å². The van der Waals surface area contributed by atoms with Crippen LogP contribution in [0.4, 0.5) is 10.5 Å². The fourth-order valence-electron chi connectivity index (χ4n) is 1.71. The number of amides is 2. The average molecular weight is 233 g/mol. The van der Waals surface area contributed by atoms with Gasteiger partial charge in [0.2, 0.25) is 0 Å². The summed E-state index contributed by atoms with van der Waals surface area (Å²) in [4.78, 5) is 13.6. The van der Waals surface area contributed by atoms with Gasteiger partial charge in [-0.2, -0.15) is 0 Å². The van der Waals surface area contributed by atoms with Gasteiger partial charge >= 0.3 is 6.03 Å². The molecule has 17 heavy (non-hydrogen) atoms. The number of nitrogens with zero attached hydrogens (tertiary/aromatic N) is 1. The maximum atomic E-state index is 11.8. The Morgan fingerprint density at radius 3 is 2.47 bits per heavy atom. The molecule has 4 nitrogen and oxygen atoms in total. The van der Waals surface area contributed by atoms with Gasteiger partial charge in [0.25, 0.3) is 0 Å².